The molecule has 1 amide bonds. The van der Waals surface area contributed by atoms with Crippen LogP contribution in [0.2, 0.25) is 0 Å². The van der Waals surface area contributed by atoms with Gasteiger partial charge < -0.3 is 15.5 Å². The normalized spacial score (nSPS) is 22.2. The van der Waals surface area contributed by atoms with Gasteiger partial charge in [0.25, 0.3) is 5.91 Å². The zero-order chi connectivity index (χ0) is 13.9. The summed E-state index contributed by atoms with van der Waals surface area (Å²) in [5.74, 6) is 0.176. The lowest BCUT2D eigenvalue weighted by molar-refractivity contribution is 0.0698. The number of fused-ring (bicyclic) bond motifs is 1. The van der Waals surface area contributed by atoms with E-state index in [9.17, 15) is 4.79 Å². The molecule has 3 rings (SSSR count). The number of hydrogen-bond donors (Lipinski definition) is 2. The third kappa shape index (κ3) is 2.60. The van der Waals surface area contributed by atoms with E-state index in [2.05, 4.69) is 17.6 Å². The lowest BCUT2D eigenvalue weighted by atomic mass is 10.1. The summed E-state index contributed by atoms with van der Waals surface area (Å²) in [6, 6.07) is 6.30. The zero-order valence-electron chi connectivity index (χ0n) is 12.1. The fourth-order valence-corrected chi connectivity index (χ4v) is 3.11. The Morgan fingerprint density at radius 1 is 1.15 bits per heavy atom. The highest BCUT2D eigenvalue weighted by atomic mass is 16.2. The van der Waals surface area contributed by atoms with Gasteiger partial charge in [0.05, 0.1) is 11.4 Å². The Hall–Kier alpha value is -1.71. The first-order valence-electron chi connectivity index (χ1n) is 7.68. The summed E-state index contributed by atoms with van der Waals surface area (Å²) < 4.78 is 0. The van der Waals surface area contributed by atoms with Gasteiger partial charge in [-0.2, -0.15) is 0 Å². The van der Waals surface area contributed by atoms with Crippen molar-refractivity contribution in [3.05, 3.63) is 23.8 Å². The molecule has 2 heterocycles. The van der Waals surface area contributed by atoms with Crippen LogP contribution in [0.25, 0.3) is 0 Å². The van der Waals surface area contributed by atoms with E-state index in [1.54, 1.807) is 0 Å². The van der Waals surface area contributed by atoms with E-state index in [1.165, 1.54) is 12.8 Å². The van der Waals surface area contributed by atoms with Gasteiger partial charge in [-0.25, -0.2) is 0 Å². The number of nitrogens with zero attached hydrogens (tertiary/aromatic N) is 1. The first-order valence-corrected chi connectivity index (χ1v) is 7.68. The zero-order valence-corrected chi connectivity index (χ0v) is 12.1. The number of nitrogens with one attached hydrogen (secondary N) is 2. The van der Waals surface area contributed by atoms with Crippen molar-refractivity contribution in [2.75, 3.05) is 30.3 Å². The summed E-state index contributed by atoms with van der Waals surface area (Å²) in [5.41, 5.74) is 2.94. The predicted molar refractivity (Wildman–Crippen MR) is 82.4 cm³/mol. The largest absolute Gasteiger partial charge is 0.382 e. The minimum absolute atomic E-state index is 0.176. The number of carbonyl (C=O) groups excluding carboxylic acids is 1. The Morgan fingerprint density at radius 2 is 1.95 bits per heavy atom. The maximum atomic E-state index is 12.7. The van der Waals surface area contributed by atoms with Gasteiger partial charge in [-0.05, 0) is 38.0 Å². The van der Waals surface area contributed by atoms with E-state index < -0.39 is 0 Å². The van der Waals surface area contributed by atoms with Crippen molar-refractivity contribution in [3.8, 4) is 0 Å². The standard InChI is InChI=1S/C16H23N3O/c1-12-5-3-2-4-10-19(12)16(20)13-6-7-14-15(11-13)18-9-8-17-14/h6-7,11-12,17-18H,2-5,8-10H2,1H3. The molecule has 0 aliphatic carbocycles. The van der Waals surface area contributed by atoms with E-state index in [0.29, 0.717) is 6.04 Å². The fraction of sp³-hybridized carbons (Fsp3) is 0.562. The Morgan fingerprint density at radius 3 is 2.80 bits per heavy atom. The van der Waals surface area contributed by atoms with E-state index in [0.717, 1.165) is 49.4 Å². The molecule has 20 heavy (non-hydrogen) atoms. The molecule has 4 nitrogen and oxygen atoms in total. The molecule has 1 atom stereocenters. The molecule has 0 saturated carbocycles. The summed E-state index contributed by atoms with van der Waals surface area (Å²) in [6.45, 7) is 4.90. The molecule has 1 fully saturated rings. The van der Waals surface area contributed by atoms with Gasteiger partial charge in [0.2, 0.25) is 0 Å². The Labute approximate surface area is 120 Å². The molecule has 2 aliphatic rings. The van der Waals surface area contributed by atoms with Gasteiger partial charge in [-0.1, -0.05) is 12.8 Å². The molecule has 1 unspecified atom stereocenters. The predicted octanol–water partition coefficient (Wildman–Crippen LogP) is 2.93. The molecule has 1 aromatic rings. The van der Waals surface area contributed by atoms with Crippen LogP contribution in [-0.4, -0.2) is 36.5 Å². The monoisotopic (exact) mass is 273 g/mol. The number of amides is 1. The van der Waals surface area contributed by atoms with Crippen molar-refractivity contribution in [2.45, 2.75) is 38.6 Å². The number of benzene rings is 1. The summed E-state index contributed by atoms with van der Waals surface area (Å²) >= 11 is 0. The summed E-state index contributed by atoms with van der Waals surface area (Å²) in [4.78, 5) is 14.8. The second-order valence-electron chi connectivity index (χ2n) is 5.81. The van der Waals surface area contributed by atoms with E-state index in [1.807, 2.05) is 23.1 Å². The third-order valence-corrected chi connectivity index (χ3v) is 4.34. The molecule has 108 valence electrons. The third-order valence-electron chi connectivity index (χ3n) is 4.34. The number of rotatable bonds is 1. The average molecular weight is 273 g/mol. The van der Waals surface area contributed by atoms with Crippen molar-refractivity contribution in [3.63, 3.8) is 0 Å². The first kappa shape index (κ1) is 13.3. The number of carbonyl (C=O) groups is 1. The van der Waals surface area contributed by atoms with Crippen LogP contribution in [0.1, 0.15) is 43.0 Å². The molecule has 4 heteroatoms. The van der Waals surface area contributed by atoms with Crippen LogP contribution in [0.3, 0.4) is 0 Å². The van der Waals surface area contributed by atoms with Crippen LogP contribution in [0.15, 0.2) is 18.2 Å². The molecule has 0 aromatic heterocycles. The van der Waals surface area contributed by atoms with E-state index in [-0.39, 0.29) is 5.91 Å². The molecule has 2 aliphatic heterocycles. The maximum absolute atomic E-state index is 12.7. The molecule has 1 saturated heterocycles. The van der Waals surface area contributed by atoms with Crippen molar-refractivity contribution in [1.29, 1.82) is 0 Å². The van der Waals surface area contributed by atoms with Crippen molar-refractivity contribution in [2.24, 2.45) is 0 Å². The Balaban J connectivity index is 1.82. The van der Waals surface area contributed by atoms with Crippen LogP contribution in [-0.2, 0) is 0 Å². The molecule has 1 aromatic carbocycles. The van der Waals surface area contributed by atoms with Gasteiger partial charge in [0.1, 0.15) is 0 Å². The minimum Gasteiger partial charge on any atom is -0.382 e. The van der Waals surface area contributed by atoms with Gasteiger partial charge in [0, 0.05) is 31.2 Å². The summed E-state index contributed by atoms with van der Waals surface area (Å²) in [7, 11) is 0. The molecule has 0 bridgehead atoms. The number of anilines is 2. The van der Waals surface area contributed by atoms with Gasteiger partial charge >= 0.3 is 0 Å². The second kappa shape index (κ2) is 5.73. The lowest BCUT2D eigenvalue weighted by Crippen LogP contribution is -2.38. The first-order chi connectivity index (χ1) is 9.75. The van der Waals surface area contributed by atoms with Gasteiger partial charge in [-0.15, -0.1) is 0 Å². The highest BCUT2D eigenvalue weighted by Crippen LogP contribution is 2.27. The highest BCUT2D eigenvalue weighted by molar-refractivity contribution is 5.96. The molecule has 0 radical (unpaired) electrons. The highest BCUT2D eigenvalue weighted by Gasteiger charge is 2.23. The van der Waals surface area contributed by atoms with E-state index in [4.69, 9.17) is 0 Å². The quantitative estimate of drug-likeness (QED) is 0.827. The fourth-order valence-electron chi connectivity index (χ4n) is 3.11. The number of likely N-dealkylation sites (tertiary alicyclic amines) is 1. The number of hydrogen-bond acceptors (Lipinski definition) is 3. The Bertz CT molecular complexity index is 500. The average Bonchev–Trinajstić information content (AvgIpc) is 2.70. The van der Waals surface area contributed by atoms with Gasteiger partial charge in [-0.3, -0.25) is 4.79 Å². The van der Waals surface area contributed by atoms with Crippen molar-refractivity contribution < 1.29 is 4.79 Å². The van der Waals surface area contributed by atoms with Crippen LogP contribution >= 0.6 is 0 Å². The van der Waals surface area contributed by atoms with Crippen LogP contribution in [0.5, 0.6) is 0 Å². The summed E-state index contributed by atoms with van der Waals surface area (Å²) in [6.07, 6.45) is 4.72. The topological polar surface area (TPSA) is 44.4 Å². The van der Waals surface area contributed by atoms with Crippen LogP contribution < -0.4 is 10.6 Å². The molecular weight excluding hydrogens is 250 g/mol. The lowest BCUT2D eigenvalue weighted by Gasteiger charge is -2.28. The SMILES string of the molecule is CC1CCCCCN1C(=O)c1ccc2c(c1)NCCN2. The Kier molecular flexibility index (Phi) is 3.81. The van der Waals surface area contributed by atoms with Crippen LogP contribution in [0, 0.1) is 0 Å². The van der Waals surface area contributed by atoms with Gasteiger partial charge in [0.15, 0.2) is 0 Å². The smallest absolute Gasteiger partial charge is 0.254 e. The van der Waals surface area contributed by atoms with Crippen molar-refractivity contribution >= 4 is 17.3 Å². The van der Waals surface area contributed by atoms with Crippen LogP contribution in [0.4, 0.5) is 11.4 Å². The minimum atomic E-state index is 0.176. The van der Waals surface area contributed by atoms with E-state index >= 15 is 0 Å². The van der Waals surface area contributed by atoms with Crippen molar-refractivity contribution in [1.82, 2.24) is 4.90 Å². The summed E-state index contributed by atoms with van der Waals surface area (Å²) in [5, 5.41) is 6.69. The molecule has 0 spiro atoms. The molecule has 2 N–H and O–H groups in total. The maximum Gasteiger partial charge on any atom is 0.254 e. The molecular formula is C16H23N3O. The second-order valence-corrected chi connectivity index (χ2v) is 5.81.